The lowest BCUT2D eigenvalue weighted by Crippen LogP contribution is -2.71. The highest BCUT2D eigenvalue weighted by Crippen LogP contribution is 2.48. The molecule has 0 amide bonds. The standard InChI is InChI=1S/C36H46O3Si/c1-20-14-30(37-11)33(17-23(20)4)40(36-28(9)26(7)27(8)29(36)10,34-18-24(5)21(2)15-31(34)38-12)35-19-25(6)22(3)16-32(35)39-13/h14-19,36H,1-13H3. The molecule has 0 aromatic heterocycles. The summed E-state index contributed by atoms with van der Waals surface area (Å²) < 4.78 is 18.9. The first kappa shape index (κ1) is 29.7. The van der Waals surface area contributed by atoms with Crippen LogP contribution in [0, 0.1) is 41.5 Å². The zero-order valence-electron chi connectivity index (χ0n) is 26.8. The van der Waals surface area contributed by atoms with Gasteiger partial charge in [-0.15, -0.1) is 0 Å². The quantitative estimate of drug-likeness (QED) is 0.231. The van der Waals surface area contributed by atoms with Crippen LogP contribution in [0.1, 0.15) is 61.1 Å². The van der Waals surface area contributed by atoms with Crippen LogP contribution in [0.3, 0.4) is 0 Å². The van der Waals surface area contributed by atoms with Gasteiger partial charge in [0.05, 0.1) is 21.3 Å². The predicted octanol–water partition coefficient (Wildman–Crippen LogP) is 7.09. The number of hydrogen-bond donors (Lipinski definition) is 0. The van der Waals surface area contributed by atoms with E-state index in [4.69, 9.17) is 14.2 Å². The largest absolute Gasteiger partial charge is 0.497 e. The van der Waals surface area contributed by atoms with Crippen molar-refractivity contribution in [2.24, 2.45) is 0 Å². The molecule has 0 spiro atoms. The predicted molar refractivity (Wildman–Crippen MR) is 173 cm³/mol. The lowest BCUT2D eigenvalue weighted by atomic mass is 10.1. The highest BCUT2D eigenvalue weighted by Gasteiger charge is 2.54. The van der Waals surface area contributed by atoms with Crippen LogP contribution in [-0.2, 0) is 0 Å². The van der Waals surface area contributed by atoms with Crippen molar-refractivity contribution < 1.29 is 14.2 Å². The highest BCUT2D eigenvalue weighted by molar-refractivity contribution is 7.14. The number of hydrogen-bond acceptors (Lipinski definition) is 3. The molecule has 212 valence electrons. The van der Waals surface area contributed by atoms with E-state index in [1.165, 1.54) is 71.2 Å². The summed E-state index contributed by atoms with van der Waals surface area (Å²) in [7, 11) is 2.36. The van der Waals surface area contributed by atoms with Gasteiger partial charge in [-0.3, -0.25) is 0 Å². The summed E-state index contributed by atoms with van der Waals surface area (Å²) >= 11 is 0. The van der Waals surface area contributed by atoms with Gasteiger partial charge in [0.2, 0.25) is 0 Å². The summed E-state index contributed by atoms with van der Waals surface area (Å²) in [5.74, 6) is 2.79. The second-order valence-corrected chi connectivity index (χ2v) is 15.6. The molecule has 0 N–H and O–H groups in total. The SMILES string of the molecule is COc1cc(C)c(C)cc1[Si](c1cc(C)c(C)cc1OC)(c1cc(C)c(C)cc1OC)C1C(C)=C(C)C(C)=C1C. The normalized spacial score (nSPS) is 14.3. The maximum atomic E-state index is 6.29. The molecule has 0 fully saturated rings. The topological polar surface area (TPSA) is 27.7 Å². The monoisotopic (exact) mass is 554 g/mol. The first-order valence-corrected chi connectivity index (χ1v) is 16.2. The van der Waals surface area contributed by atoms with E-state index < -0.39 is 8.07 Å². The Morgan fingerprint density at radius 3 is 0.925 bits per heavy atom. The number of allylic oxidation sites excluding steroid dienone is 4. The van der Waals surface area contributed by atoms with Gasteiger partial charge < -0.3 is 14.2 Å². The summed E-state index contributed by atoms with van der Waals surface area (Å²) in [5, 5.41) is 3.77. The van der Waals surface area contributed by atoms with E-state index >= 15 is 0 Å². The minimum Gasteiger partial charge on any atom is -0.497 e. The van der Waals surface area contributed by atoms with Gasteiger partial charge in [0, 0.05) is 5.54 Å². The molecule has 0 atom stereocenters. The van der Waals surface area contributed by atoms with Crippen molar-refractivity contribution in [1.82, 2.24) is 0 Å². The first-order chi connectivity index (χ1) is 18.8. The molecule has 0 aliphatic heterocycles. The number of ether oxygens (including phenoxy) is 3. The molecule has 40 heavy (non-hydrogen) atoms. The van der Waals surface area contributed by atoms with Gasteiger partial charge in [-0.25, -0.2) is 0 Å². The van der Waals surface area contributed by atoms with E-state index in [9.17, 15) is 0 Å². The van der Waals surface area contributed by atoms with Crippen LogP contribution in [0.4, 0.5) is 0 Å². The van der Waals surface area contributed by atoms with Crippen molar-refractivity contribution >= 4 is 23.6 Å². The van der Waals surface area contributed by atoms with E-state index in [1.54, 1.807) is 21.3 Å². The molecule has 4 heteroatoms. The van der Waals surface area contributed by atoms with Crippen molar-refractivity contribution in [3.8, 4) is 17.2 Å². The maximum Gasteiger partial charge on any atom is 0.173 e. The van der Waals surface area contributed by atoms with E-state index in [-0.39, 0.29) is 5.54 Å². The van der Waals surface area contributed by atoms with Gasteiger partial charge in [-0.2, -0.15) is 0 Å². The van der Waals surface area contributed by atoms with Crippen LogP contribution >= 0.6 is 0 Å². The minimum absolute atomic E-state index is 0.163. The van der Waals surface area contributed by atoms with Crippen LogP contribution in [0.25, 0.3) is 0 Å². The average molecular weight is 555 g/mol. The second kappa shape index (κ2) is 11.0. The molecule has 0 bridgehead atoms. The number of aryl methyl sites for hydroxylation is 6. The summed E-state index contributed by atoms with van der Waals surface area (Å²) in [4.78, 5) is 0. The molecular weight excluding hydrogens is 508 g/mol. The third-order valence-corrected chi connectivity index (χ3v) is 15.2. The van der Waals surface area contributed by atoms with Gasteiger partial charge in [0.15, 0.2) is 8.07 Å². The maximum absolute atomic E-state index is 6.29. The van der Waals surface area contributed by atoms with Gasteiger partial charge >= 0.3 is 0 Å². The van der Waals surface area contributed by atoms with Crippen molar-refractivity contribution in [3.05, 3.63) is 92.1 Å². The molecule has 1 aliphatic carbocycles. The van der Waals surface area contributed by atoms with Crippen molar-refractivity contribution in [2.75, 3.05) is 21.3 Å². The summed E-state index contributed by atoms with van der Waals surface area (Å²) in [6, 6.07) is 13.9. The summed E-state index contributed by atoms with van der Waals surface area (Å²) in [6.07, 6.45) is 0. The smallest absolute Gasteiger partial charge is 0.173 e. The molecule has 0 radical (unpaired) electrons. The van der Waals surface area contributed by atoms with E-state index in [1.807, 2.05) is 0 Å². The number of benzene rings is 3. The van der Waals surface area contributed by atoms with Crippen LogP contribution in [0.2, 0.25) is 5.54 Å². The molecule has 3 aromatic carbocycles. The average Bonchev–Trinajstić information content (AvgIpc) is 3.12. The Morgan fingerprint density at radius 2 is 0.675 bits per heavy atom. The Bertz CT molecular complexity index is 1390. The van der Waals surface area contributed by atoms with E-state index in [0.717, 1.165) is 17.2 Å². The third kappa shape index (κ3) is 4.41. The Morgan fingerprint density at radius 1 is 0.425 bits per heavy atom. The molecule has 0 saturated heterocycles. The molecular formula is C36H46O3Si. The third-order valence-electron chi connectivity index (χ3n) is 9.77. The molecule has 4 rings (SSSR count). The molecule has 0 heterocycles. The summed E-state index contributed by atoms with van der Waals surface area (Å²) in [6.45, 7) is 22.3. The Kier molecular flexibility index (Phi) is 8.15. The van der Waals surface area contributed by atoms with Crippen LogP contribution in [0.15, 0.2) is 58.7 Å². The molecule has 0 unspecified atom stereocenters. The Labute approximate surface area is 242 Å². The van der Waals surface area contributed by atoms with Gasteiger partial charge in [-0.05, 0) is 148 Å². The molecule has 1 aliphatic rings. The molecule has 3 aromatic rings. The van der Waals surface area contributed by atoms with Crippen molar-refractivity contribution in [2.45, 2.75) is 74.8 Å². The lowest BCUT2D eigenvalue weighted by molar-refractivity contribution is 0.415. The van der Waals surface area contributed by atoms with Gasteiger partial charge in [-0.1, -0.05) is 29.3 Å². The Hall–Kier alpha value is -3.24. The number of methoxy groups -OCH3 is 3. The number of rotatable bonds is 7. The molecule has 0 saturated carbocycles. The van der Waals surface area contributed by atoms with Crippen LogP contribution < -0.4 is 29.8 Å². The Balaban J connectivity index is 2.42. The first-order valence-electron chi connectivity index (χ1n) is 14.2. The minimum atomic E-state index is -3.05. The second-order valence-electron chi connectivity index (χ2n) is 11.8. The fourth-order valence-corrected chi connectivity index (χ4v) is 13.3. The van der Waals surface area contributed by atoms with Crippen molar-refractivity contribution in [3.63, 3.8) is 0 Å². The van der Waals surface area contributed by atoms with E-state index in [2.05, 4.69) is 106 Å². The molecule has 3 nitrogen and oxygen atoms in total. The van der Waals surface area contributed by atoms with Crippen LogP contribution in [-0.4, -0.2) is 29.4 Å². The zero-order valence-corrected chi connectivity index (χ0v) is 27.8. The fraction of sp³-hybridized carbons (Fsp3) is 0.389. The summed E-state index contributed by atoms with van der Waals surface area (Å²) in [5.41, 5.74) is 13.2. The fourth-order valence-electron chi connectivity index (χ4n) is 6.70. The van der Waals surface area contributed by atoms with Crippen LogP contribution in [0.5, 0.6) is 17.2 Å². The lowest BCUT2D eigenvalue weighted by Gasteiger charge is -2.43. The van der Waals surface area contributed by atoms with Gasteiger partial charge in [0.25, 0.3) is 0 Å². The van der Waals surface area contributed by atoms with Gasteiger partial charge in [0.1, 0.15) is 17.2 Å². The zero-order chi connectivity index (χ0) is 29.7. The van der Waals surface area contributed by atoms with Crippen molar-refractivity contribution in [1.29, 1.82) is 0 Å². The highest BCUT2D eigenvalue weighted by atomic mass is 28.3. The van der Waals surface area contributed by atoms with E-state index in [0.29, 0.717) is 0 Å².